The smallest absolute Gasteiger partial charge is 0.245 e. The molecule has 0 aromatic carbocycles. The second kappa shape index (κ2) is 3.49. The first-order valence-electron chi connectivity index (χ1n) is 3.79. The second-order valence-corrected chi connectivity index (χ2v) is 3.40. The first-order valence-corrected chi connectivity index (χ1v) is 4.67. The van der Waals surface area contributed by atoms with Crippen LogP contribution in [-0.4, -0.2) is 11.3 Å². The number of carbonyl (C=O) groups excluding carboxylic acids is 1. The minimum atomic E-state index is 0.610. The van der Waals surface area contributed by atoms with E-state index in [2.05, 4.69) is 4.98 Å². The van der Waals surface area contributed by atoms with E-state index in [4.69, 9.17) is 0 Å². The summed E-state index contributed by atoms with van der Waals surface area (Å²) in [6.45, 7) is 0. The zero-order valence-corrected chi connectivity index (χ0v) is 7.54. The van der Waals surface area contributed by atoms with E-state index in [0.717, 1.165) is 11.3 Å². The summed E-state index contributed by atoms with van der Waals surface area (Å²) in [5, 5.41) is 1.87. The van der Waals surface area contributed by atoms with Gasteiger partial charge in [0.2, 0.25) is 6.29 Å². The average molecular weight is 188 g/mol. The number of pyridine rings is 1. The highest BCUT2D eigenvalue weighted by Crippen LogP contribution is 2.24. The molecule has 2 nitrogen and oxygen atoms in total. The summed E-state index contributed by atoms with van der Waals surface area (Å²) in [7, 11) is 0. The maximum atomic E-state index is 10.5. The van der Waals surface area contributed by atoms with Crippen LogP contribution >= 0.6 is 11.3 Å². The largest absolute Gasteiger partial charge is 0.284 e. The van der Waals surface area contributed by atoms with Crippen molar-refractivity contribution in [1.29, 1.82) is 0 Å². The van der Waals surface area contributed by atoms with Crippen LogP contribution in [0.25, 0.3) is 11.3 Å². The first kappa shape index (κ1) is 8.13. The van der Waals surface area contributed by atoms with Crippen molar-refractivity contribution in [3.63, 3.8) is 0 Å². The molecule has 0 fully saturated rings. The Kier molecular flexibility index (Phi) is 2.19. The monoisotopic (exact) mass is 188 g/mol. The van der Waals surface area contributed by atoms with E-state index in [1.54, 1.807) is 6.20 Å². The molecule has 0 unspecified atom stereocenters. The van der Waals surface area contributed by atoms with Crippen LogP contribution < -0.4 is 0 Å². The highest BCUT2D eigenvalue weighted by atomic mass is 32.1. The maximum absolute atomic E-state index is 10.5. The number of nitrogens with zero attached hydrogens (tertiary/aromatic N) is 1. The Hall–Kier alpha value is -1.48. The second-order valence-electron chi connectivity index (χ2n) is 2.48. The van der Waals surface area contributed by atoms with Crippen LogP contribution in [0.4, 0.5) is 0 Å². The standard InChI is InChI=1S/C10H6NOS/c12-7-10-8(4-6-13-10)9-3-1-2-5-11-9/h1-6H. The van der Waals surface area contributed by atoms with Crippen molar-refractivity contribution < 1.29 is 4.79 Å². The number of rotatable bonds is 2. The van der Waals surface area contributed by atoms with Crippen LogP contribution in [0.1, 0.15) is 4.88 Å². The van der Waals surface area contributed by atoms with Crippen molar-refractivity contribution in [2.24, 2.45) is 0 Å². The maximum Gasteiger partial charge on any atom is 0.245 e. The molecular formula is C10H6NOS. The molecule has 0 aliphatic heterocycles. The number of hydrogen-bond acceptors (Lipinski definition) is 3. The Morgan fingerprint density at radius 1 is 1.31 bits per heavy atom. The van der Waals surface area contributed by atoms with Gasteiger partial charge in [-0.05, 0) is 23.6 Å². The van der Waals surface area contributed by atoms with E-state index >= 15 is 0 Å². The van der Waals surface area contributed by atoms with Gasteiger partial charge in [-0.25, -0.2) is 0 Å². The molecule has 2 rings (SSSR count). The van der Waals surface area contributed by atoms with E-state index in [9.17, 15) is 4.79 Å². The number of aromatic nitrogens is 1. The summed E-state index contributed by atoms with van der Waals surface area (Å²) in [5.74, 6) is 0. The van der Waals surface area contributed by atoms with Gasteiger partial charge in [-0.15, -0.1) is 11.3 Å². The van der Waals surface area contributed by atoms with Crippen molar-refractivity contribution >= 4 is 17.6 Å². The molecule has 2 heterocycles. The molecule has 0 atom stereocenters. The van der Waals surface area contributed by atoms with Crippen molar-refractivity contribution in [2.45, 2.75) is 0 Å². The zero-order chi connectivity index (χ0) is 9.10. The summed E-state index contributed by atoms with van der Waals surface area (Å²) in [5.41, 5.74) is 1.68. The van der Waals surface area contributed by atoms with Crippen molar-refractivity contribution in [2.75, 3.05) is 0 Å². The molecule has 0 saturated carbocycles. The minimum Gasteiger partial charge on any atom is -0.284 e. The molecule has 3 heteroatoms. The highest BCUT2D eigenvalue weighted by molar-refractivity contribution is 7.12. The molecular weight excluding hydrogens is 182 g/mol. The quantitative estimate of drug-likeness (QED) is 0.723. The molecule has 13 heavy (non-hydrogen) atoms. The normalized spacial score (nSPS) is 9.85. The fourth-order valence-electron chi connectivity index (χ4n) is 1.11. The lowest BCUT2D eigenvalue weighted by molar-refractivity contribution is 0.563. The summed E-state index contributed by atoms with van der Waals surface area (Å²) >= 11 is 1.38. The Bertz CT molecular complexity index is 408. The molecule has 0 N–H and O–H groups in total. The van der Waals surface area contributed by atoms with Crippen molar-refractivity contribution in [3.05, 3.63) is 40.7 Å². The predicted molar refractivity (Wildman–Crippen MR) is 52.3 cm³/mol. The van der Waals surface area contributed by atoms with Crippen LogP contribution in [0.2, 0.25) is 0 Å². The summed E-state index contributed by atoms with van der Waals surface area (Å²) in [4.78, 5) is 15.3. The van der Waals surface area contributed by atoms with Crippen LogP contribution in [0, 0.1) is 0 Å². The summed E-state index contributed by atoms with van der Waals surface area (Å²) in [6.07, 6.45) is 3.61. The summed E-state index contributed by atoms with van der Waals surface area (Å²) < 4.78 is 0. The Morgan fingerprint density at radius 2 is 2.23 bits per heavy atom. The lowest BCUT2D eigenvalue weighted by Crippen LogP contribution is -1.83. The van der Waals surface area contributed by atoms with Gasteiger partial charge < -0.3 is 0 Å². The van der Waals surface area contributed by atoms with Crippen molar-refractivity contribution in [3.8, 4) is 11.3 Å². The topological polar surface area (TPSA) is 30.0 Å². The van der Waals surface area contributed by atoms with Gasteiger partial charge in [-0.3, -0.25) is 9.78 Å². The van der Waals surface area contributed by atoms with E-state index in [1.807, 2.05) is 35.9 Å². The van der Waals surface area contributed by atoms with Crippen LogP contribution in [0.5, 0.6) is 0 Å². The third kappa shape index (κ3) is 1.51. The summed E-state index contributed by atoms with van der Waals surface area (Å²) in [6, 6.07) is 7.50. The lowest BCUT2D eigenvalue weighted by atomic mass is 10.2. The third-order valence-corrected chi connectivity index (χ3v) is 2.51. The molecule has 0 aliphatic carbocycles. The molecule has 1 radical (unpaired) electrons. The van der Waals surface area contributed by atoms with E-state index in [0.29, 0.717) is 4.88 Å². The molecule has 0 saturated heterocycles. The molecule has 0 aliphatic rings. The van der Waals surface area contributed by atoms with Gasteiger partial charge in [0.1, 0.15) is 0 Å². The van der Waals surface area contributed by atoms with Gasteiger partial charge in [0.05, 0.1) is 10.6 Å². The van der Waals surface area contributed by atoms with Gasteiger partial charge in [-0.2, -0.15) is 0 Å². The van der Waals surface area contributed by atoms with Gasteiger partial charge in [-0.1, -0.05) is 6.07 Å². The first-order chi connectivity index (χ1) is 6.42. The van der Waals surface area contributed by atoms with Gasteiger partial charge in [0, 0.05) is 11.8 Å². The minimum absolute atomic E-state index is 0.610. The van der Waals surface area contributed by atoms with E-state index < -0.39 is 0 Å². The lowest BCUT2D eigenvalue weighted by Gasteiger charge is -1.95. The SMILES string of the molecule is O=[C]c1sccc1-c1ccccn1. The predicted octanol–water partition coefficient (Wildman–Crippen LogP) is 2.27. The van der Waals surface area contributed by atoms with E-state index in [-0.39, 0.29) is 0 Å². The zero-order valence-electron chi connectivity index (χ0n) is 6.73. The van der Waals surface area contributed by atoms with Crippen LogP contribution in [-0.2, 0) is 4.79 Å². The average Bonchev–Trinajstić information content (AvgIpc) is 2.67. The van der Waals surface area contributed by atoms with Crippen molar-refractivity contribution in [1.82, 2.24) is 4.98 Å². The molecule has 63 valence electrons. The van der Waals surface area contributed by atoms with Gasteiger partial charge >= 0.3 is 0 Å². The van der Waals surface area contributed by atoms with Gasteiger partial charge in [0.15, 0.2) is 0 Å². The van der Waals surface area contributed by atoms with Crippen LogP contribution in [0.3, 0.4) is 0 Å². The highest BCUT2D eigenvalue weighted by Gasteiger charge is 2.06. The Morgan fingerprint density at radius 3 is 2.92 bits per heavy atom. The fraction of sp³-hybridized carbons (Fsp3) is 0. The fourth-order valence-corrected chi connectivity index (χ4v) is 1.80. The van der Waals surface area contributed by atoms with Crippen LogP contribution in [0.15, 0.2) is 35.8 Å². The molecule has 2 aromatic rings. The molecule has 0 amide bonds. The molecule has 2 aromatic heterocycles. The Balaban J connectivity index is 2.52. The molecule has 0 bridgehead atoms. The number of hydrogen-bond donors (Lipinski definition) is 0. The Labute approximate surface area is 79.9 Å². The van der Waals surface area contributed by atoms with E-state index in [1.165, 1.54) is 11.3 Å². The third-order valence-electron chi connectivity index (χ3n) is 1.70. The number of thiophene rings is 1. The van der Waals surface area contributed by atoms with Gasteiger partial charge in [0.25, 0.3) is 0 Å². The molecule has 0 spiro atoms.